The summed E-state index contributed by atoms with van der Waals surface area (Å²) in [5.74, 6) is 0.848. The predicted molar refractivity (Wildman–Crippen MR) is 66.4 cm³/mol. The molecule has 0 unspecified atom stereocenters. The van der Waals surface area contributed by atoms with Gasteiger partial charge in [0.25, 0.3) is 0 Å². The van der Waals surface area contributed by atoms with Gasteiger partial charge in [0.2, 0.25) is 5.16 Å². The number of hydrogen-bond donors (Lipinski definition) is 0. The second-order valence-electron chi connectivity index (χ2n) is 3.25. The SMILES string of the molecule is CCOCCSc1nnnn1-c1ccccc1. The van der Waals surface area contributed by atoms with Crippen LogP contribution in [-0.2, 0) is 4.74 Å². The van der Waals surface area contributed by atoms with Crippen LogP contribution >= 0.6 is 11.8 Å². The Hall–Kier alpha value is -1.40. The fourth-order valence-corrected chi connectivity index (χ4v) is 2.08. The average Bonchev–Trinajstić information content (AvgIpc) is 2.84. The summed E-state index contributed by atoms with van der Waals surface area (Å²) in [5, 5.41) is 12.5. The Bertz CT molecular complexity index is 446. The Kier molecular flexibility index (Phi) is 4.52. The number of ether oxygens (including phenoxy) is 1. The van der Waals surface area contributed by atoms with Crippen molar-refractivity contribution in [3.63, 3.8) is 0 Å². The molecule has 17 heavy (non-hydrogen) atoms. The van der Waals surface area contributed by atoms with Crippen molar-refractivity contribution in [1.29, 1.82) is 0 Å². The van der Waals surface area contributed by atoms with Gasteiger partial charge in [-0.1, -0.05) is 30.0 Å². The summed E-state index contributed by atoms with van der Waals surface area (Å²) >= 11 is 1.59. The van der Waals surface area contributed by atoms with Crippen LogP contribution in [0.5, 0.6) is 0 Å². The minimum absolute atomic E-state index is 0.711. The van der Waals surface area contributed by atoms with Crippen LogP contribution in [0.1, 0.15) is 6.92 Å². The maximum Gasteiger partial charge on any atom is 0.214 e. The lowest BCUT2D eigenvalue weighted by molar-refractivity contribution is 0.164. The van der Waals surface area contributed by atoms with Gasteiger partial charge in [-0.2, -0.15) is 4.68 Å². The van der Waals surface area contributed by atoms with E-state index in [9.17, 15) is 0 Å². The van der Waals surface area contributed by atoms with Crippen LogP contribution in [0.2, 0.25) is 0 Å². The number of para-hydroxylation sites is 1. The van der Waals surface area contributed by atoms with Gasteiger partial charge in [0.15, 0.2) is 0 Å². The zero-order valence-corrected chi connectivity index (χ0v) is 10.4. The first kappa shape index (κ1) is 12.1. The third-order valence-electron chi connectivity index (χ3n) is 2.10. The molecule has 0 bridgehead atoms. The molecule has 0 aliphatic heterocycles. The number of aromatic nitrogens is 4. The first-order chi connectivity index (χ1) is 8.42. The highest BCUT2D eigenvalue weighted by Gasteiger charge is 2.07. The molecule has 1 aromatic heterocycles. The van der Waals surface area contributed by atoms with Gasteiger partial charge in [-0.25, -0.2) is 0 Å². The molecular formula is C11H14N4OS. The normalized spacial score (nSPS) is 10.6. The molecule has 0 aliphatic carbocycles. The van der Waals surface area contributed by atoms with Crippen molar-refractivity contribution in [2.45, 2.75) is 12.1 Å². The highest BCUT2D eigenvalue weighted by molar-refractivity contribution is 7.99. The molecule has 90 valence electrons. The lowest BCUT2D eigenvalue weighted by Crippen LogP contribution is -2.01. The molecule has 0 radical (unpaired) electrons. The molecule has 1 heterocycles. The van der Waals surface area contributed by atoms with Gasteiger partial charge in [0.1, 0.15) is 0 Å². The van der Waals surface area contributed by atoms with Gasteiger partial charge in [0, 0.05) is 12.4 Å². The van der Waals surface area contributed by atoms with Gasteiger partial charge >= 0.3 is 0 Å². The standard InChI is InChI=1S/C11H14N4OS/c1-2-16-8-9-17-11-12-13-14-15(11)10-6-4-3-5-7-10/h3-7H,2,8-9H2,1H3. The van der Waals surface area contributed by atoms with E-state index in [2.05, 4.69) is 15.5 Å². The molecular weight excluding hydrogens is 236 g/mol. The largest absolute Gasteiger partial charge is 0.381 e. The van der Waals surface area contributed by atoms with Crippen LogP contribution < -0.4 is 0 Å². The fourth-order valence-electron chi connectivity index (χ4n) is 1.34. The van der Waals surface area contributed by atoms with Crippen LogP contribution in [0.15, 0.2) is 35.5 Å². The molecule has 0 fully saturated rings. The first-order valence-electron chi connectivity index (χ1n) is 5.46. The van der Waals surface area contributed by atoms with Crippen molar-refractivity contribution < 1.29 is 4.74 Å². The molecule has 0 saturated carbocycles. The summed E-state index contributed by atoms with van der Waals surface area (Å²) in [6, 6.07) is 9.85. The van der Waals surface area contributed by atoms with E-state index in [1.165, 1.54) is 0 Å². The van der Waals surface area contributed by atoms with Crippen molar-refractivity contribution >= 4 is 11.8 Å². The number of thioether (sulfide) groups is 1. The summed E-state index contributed by atoms with van der Waals surface area (Å²) in [6.07, 6.45) is 0. The summed E-state index contributed by atoms with van der Waals surface area (Å²) in [7, 11) is 0. The van der Waals surface area contributed by atoms with E-state index in [1.807, 2.05) is 37.3 Å². The van der Waals surface area contributed by atoms with Crippen molar-refractivity contribution in [2.24, 2.45) is 0 Å². The molecule has 0 N–H and O–H groups in total. The Morgan fingerprint density at radius 3 is 2.88 bits per heavy atom. The Morgan fingerprint density at radius 2 is 2.12 bits per heavy atom. The number of hydrogen-bond acceptors (Lipinski definition) is 5. The number of rotatable bonds is 6. The van der Waals surface area contributed by atoms with E-state index in [1.54, 1.807) is 16.4 Å². The minimum atomic E-state index is 0.711. The average molecular weight is 250 g/mol. The Morgan fingerprint density at radius 1 is 1.29 bits per heavy atom. The molecule has 0 saturated heterocycles. The van der Waals surface area contributed by atoms with E-state index in [0.717, 1.165) is 23.2 Å². The molecule has 6 heteroatoms. The van der Waals surface area contributed by atoms with Crippen LogP contribution in [0.4, 0.5) is 0 Å². The van der Waals surface area contributed by atoms with Gasteiger partial charge in [-0.05, 0) is 29.5 Å². The van der Waals surface area contributed by atoms with E-state index in [-0.39, 0.29) is 0 Å². The molecule has 0 amide bonds. The molecule has 0 atom stereocenters. The van der Waals surface area contributed by atoms with Gasteiger partial charge in [-0.15, -0.1) is 5.10 Å². The van der Waals surface area contributed by atoms with Crippen LogP contribution in [0, 0.1) is 0 Å². The number of nitrogens with zero attached hydrogens (tertiary/aromatic N) is 4. The Labute approximate surface area is 104 Å². The molecule has 1 aromatic carbocycles. The topological polar surface area (TPSA) is 52.8 Å². The quantitative estimate of drug-likeness (QED) is 0.578. The lowest BCUT2D eigenvalue weighted by atomic mass is 10.3. The van der Waals surface area contributed by atoms with Crippen molar-refractivity contribution in [3.05, 3.63) is 30.3 Å². The maximum atomic E-state index is 5.28. The van der Waals surface area contributed by atoms with Gasteiger partial charge in [-0.3, -0.25) is 0 Å². The highest BCUT2D eigenvalue weighted by Crippen LogP contribution is 2.17. The zero-order chi connectivity index (χ0) is 11.9. The van der Waals surface area contributed by atoms with E-state index < -0.39 is 0 Å². The third kappa shape index (κ3) is 3.28. The molecule has 2 rings (SSSR count). The summed E-state index contributed by atoms with van der Waals surface area (Å²) in [4.78, 5) is 0. The highest BCUT2D eigenvalue weighted by atomic mass is 32.2. The molecule has 0 spiro atoms. The molecule has 0 aliphatic rings. The van der Waals surface area contributed by atoms with Crippen molar-refractivity contribution in [1.82, 2.24) is 20.2 Å². The van der Waals surface area contributed by atoms with Gasteiger partial charge < -0.3 is 4.74 Å². The molecule has 2 aromatic rings. The van der Waals surface area contributed by atoms with Crippen LogP contribution in [0.25, 0.3) is 5.69 Å². The fraction of sp³-hybridized carbons (Fsp3) is 0.364. The smallest absolute Gasteiger partial charge is 0.214 e. The molecule has 5 nitrogen and oxygen atoms in total. The second kappa shape index (κ2) is 6.36. The predicted octanol–water partition coefficient (Wildman–Crippen LogP) is 1.79. The Balaban J connectivity index is 2.02. The summed E-state index contributed by atoms with van der Waals surface area (Å²) in [6.45, 7) is 3.44. The number of tetrazole rings is 1. The lowest BCUT2D eigenvalue weighted by Gasteiger charge is -2.03. The maximum absolute atomic E-state index is 5.28. The zero-order valence-electron chi connectivity index (χ0n) is 9.61. The second-order valence-corrected chi connectivity index (χ2v) is 4.32. The minimum Gasteiger partial charge on any atom is -0.381 e. The van der Waals surface area contributed by atoms with E-state index in [0.29, 0.717) is 6.61 Å². The summed E-state index contributed by atoms with van der Waals surface area (Å²) in [5.41, 5.74) is 0.969. The monoisotopic (exact) mass is 250 g/mol. The van der Waals surface area contributed by atoms with Crippen LogP contribution in [-0.4, -0.2) is 39.2 Å². The van der Waals surface area contributed by atoms with E-state index in [4.69, 9.17) is 4.74 Å². The van der Waals surface area contributed by atoms with Crippen molar-refractivity contribution in [2.75, 3.05) is 19.0 Å². The van der Waals surface area contributed by atoms with Crippen molar-refractivity contribution in [3.8, 4) is 5.69 Å². The number of benzene rings is 1. The van der Waals surface area contributed by atoms with Gasteiger partial charge in [0.05, 0.1) is 12.3 Å². The first-order valence-corrected chi connectivity index (χ1v) is 6.44. The van der Waals surface area contributed by atoms with E-state index >= 15 is 0 Å². The third-order valence-corrected chi connectivity index (χ3v) is 2.99. The summed E-state index contributed by atoms with van der Waals surface area (Å²) < 4.78 is 7.01. The van der Waals surface area contributed by atoms with Crippen LogP contribution in [0.3, 0.4) is 0 Å².